The molecule has 1 atom stereocenters. The van der Waals surface area contributed by atoms with Gasteiger partial charge in [-0.25, -0.2) is 9.97 Å². The molecule has 1 aliphatic heterocycles. The van der Waals surface area contributed by atoms with Crippen molar-refractivity contribution in [1.29, 1.82) is 0 Å². The van der Waals surface area contributed by atoms with Gasteiger partial charge in [0.15, 0.2) is 0 Å². The molecule has 0 radical (unpaired) electrons. The zero-order valence-corrected chi connectivity index (χ0v) is 22.1. The number of aromatic nitrogens is 4. The summed E-state index contributed by atoms with van der Waals surface area (Å²) in [7, 11) is 3.27. The minimum absolute atomic E-state index is 0.00518. The highest BCUT2D eigenvalue weighted by Gasteiger charge is 2.39. The van der Waals surface area contributed by atoms with Crippen LogP contribution in [0, 0.1) is 27.7 Å². The molecule has 3 heterocycles. The second-order valence-electron chi connectivity index (χ2n) is 9.52. The standard InChI is InChI=1S/C29H31N5O3/c1-17-8-7-9-21(12-17)16-33-26(35)15-24(23-14-22(36-5)10-11-25(23)37-6)27-20(4)32-34(28(27)33)29-30-18(2)13-19(3)31-29/h7-14,24H,15-16H2,1-6H3. The normalized spacial score (nSPS) is 15.0. The van der Waals surface area contributed by atoms with Crippen LogP contribution in [-0.2, 0) is 11.3 Å². The van der Waals surface area contributed by atoms with Crippen LogP contribution in [0.2, 0.25) is 0 Å². The highest BCUT2D eigenvalue weighted by molar-refractivity contribution is 5.97. The van der Waals surface area contributed by atoms with E-state index in [1.807, 2.05) is 62.1 Å². The molecule has 0 N–H and O–H groups in total. The van der Waals surface area contributed by atoms with Gasteiger partial charge in [0.05, 0.1) is 26.5 Å². The number of nitrogens with zero attached hydrogens (tertiary/aromatic N) is 5. The molecule has 190 valence electrons. The van der Waals surface area contributed by atoms with Gasteiger partial charge in [-0.2, -0.15) is 9.78 Å². The molecular weight excluding hydrogens is 466 g/mol. The molecule has 1 aliphatic rings. The van der Waals surface area contributed by atoms with E-state index in [9.17, 15) is 4.79 Å². The van der Waals surface area contributed by atoms with E-state index >= 15 is 0 Å². The summed E-state index contributed by atoms with van der Waals surface area (Å²) in [5, 5.41) is 4.89. The van der Waals surface area contributed by atoms with E-state index in [4.69, 9.17) is 14.6 Å². The Balaban J connectivity index is 1.74. The summed E-state index contributed by atoms with van der Waals surface area (Å²) >= 11 is 0. The van der Waals surface area contributed by atoms with Crippen LogP contribution in [0.4, 0.5) is 5.82 Å². The third-order valence-corrected chi connectivity index (χ3v) is 6.76. The first kappa shape index (κ1) is 24.5. The maximum Gasteiger partial charge on any atom is 0.252 e. The van der Waals surface area contributed by atoms with E-state index < -0.39 is 0 Å². The molecule has 0 bridgehead atoms. The zero-order chi connectivity index (χ0) is 26.3. The molecule has 0 saturated heterocycles. The fraction of sp³-hybridized carbons (Fsp3) is 0.310. The van der Waals surface area contributed by atoms with Crippen LogP contribution in [0.15, 0.2) is 48.5 Å². The summed E-state index contributed by atoms with van der Waals surface area (Å²) in [5.74, 6) is 2.27. The number of anilines is 1. The molecule has 8 heteroatoms. The Morgan fingerprint density at radius 2 is 1.70 bits per heavy atom. The van der Waals surface area contributed by atoms with Crippen molar-refractivity contribution in [3.63, 3.8) is 0 Å². The van der Waals surface area contributed by atoms with E-state index in [0.717, 1.165) is 39.3 Å². The van der Waals surface area contributed by atoms with Crippen molar-refractivity contribution >= 4 is 11.7 Å². The molecule has 0 fully saturated rings. The fourth-order valence-electron chi connectivity index (χ4n) is 5.17. The number of carbonyl (C=O) groups excluding carboxylic acids is 1. The summed E-state index contributed by atoms with van der Waals surface area (Å²) in [4.78, 5) is 25.0. The van der Waals surface area contributed by atoms with Gasteiger partial charge in [-0.05, 0) is 57.5 Å². The number of carbonyl (C=O) groups is 1. The fourth-order valence-corrected chi connectivity index (χ4v) is 5.17. The van der Waals surface area contributed by atoms with Gasteiger partial charge in [-0.15, -0.1) is 0 Å². The van der Waals surface area contributed by atoms with Gasteiger partial charge in [0, 0.05) is 34.9 Å². The molecule has 4 aromatic rings. The lowest BCUT2D eigenvalue weighted by Gasteiger charge is -2.33. The maximum absolute atomic E-state index is 13.9. The van der Waals surface area contributed by atoms with Crippen molar-refractivity contribution in [3.8, 4) is 17.4 Å². The van der Waals surface area contributed by atoms with Crippen LogP contribution in [0.3, 0.4) is 0 Å². The number of hydrogen-bond donors (Lipinski definition) is 0. The van der Waals surface area contributed by atoms with E-state index in [2.05, 4.69) is 29.0 Å². The van der Waals surface area contributed by atoms with Gasteiger partial charge in [0.1, 0.15) is 17.3 Å². The second kappa shape index (κ2) is 9.69. The smallest absolute Gasteiger partial charge is 0.252 e. The first-order valence-corrected chi connectivity index (χ1v) is 12.3. The quantitative estimate of drug-likeness (QED) is 0.374. The highest BCUT2D eigenvalue weighted by atomic mass is 16.5. The molecular formula is C29H31N5O3. The lowest BCUT2D eigenvalue weighted by atomic mass is 9.84. The first-order chi connectivity index (χ1) is 17.8. The lowest BCUT2D eigenvalue weighted by molar-refractivity contribution is -0.119. The average molecular weight is 498 g/mol. The monoisotopic (exact) mass is 497 g/mol. The lowest BCUT2D eigenvalue weighted by Crippen LogP contribution is -2.38. The summed E-state index contributed by atoms with van der Waals surface area (Å²) in [6, 6.07) is 15.8. The Kier molecular flexibility index (Phi) is 6.41. The van der Waals surface area contributed by atoms with Crippen molar-refractivity contribution < 1.29 is 14.3 Å². The van der Waals surface area contributed by atoms with Gasteiger partial charge in [-0.3, -0.25) is 9.69 Å². The van der Waals surface area contributed by atoms with Crippen LogP contribution < -0.4 is 14.4 Å². The Bertz CT molecular complexity index is 1470. The average Bonchev–Trinajstić information content (AvgIpc) is 3.21. The van der Waals surface area contributed by atoms with Gasteiger partial charge < -0.3 is 9.47 Å². The van der Waals surface area contributed by atoms with Crippen LogP contribution in [0.1, 0.15) is 51.7 Å². The number of rotatable bonds is 6. The number of amides is 1. The van der Waals surface area contributed by atoms with E-state index in [0.29, 0.717) is 29.8 Å². The molecule has 0 spiro atoms. The summed E-state index contributed by atoms with van der Waals surface area (Å²) < 4.78 is 12.9. The molecule has 1 amide bonds. The van der Waals surface area contributed by atoms with Crippen LogP contribution >= 0.6 is 0 Å². The predicted octanol–water partition coefficient (Wildman–Crippen LogP) is 4.98. The van der Waals surface area contributed by atoms with Crippen molar-refractivity contribution in [2.75, 3.05) is 19.1 Å². The molecule has 37 heavy (non-hydrogen) atoms. The third kappa shape index (κ3) is 4.55. The number of fused-ring (bicyclic) bond motifs is 1. The van der Waals surface area contributed by atoms with Gasteiger partial charge in [0.2, 0.25) is 5.91 Å². The molecule has 1 unspecified atom stereocenters. The number of aryl methyl sites for hydroxylation is 4. The number of benzene rings is 2. The van der Waals surface area contributed by atoms with Crippen molar-refractivity contribution in [3.05, 3.63) is 87.9 Å². The molecule has 0 saturated carbocycles. The number of methoxy groups -OCH3 is 2. The van der Waals surface area contributed by atoms with Gasteiger partial charge in [-0.1, -0.05) is 29.8 Å². The summed E-state index contributed by atoms with van der Waals surface area (Å²) in [6.07, 6.45) is 0.280. The van der Waals surface area contributed by atoms with Crippen LogP contribution in [0.5, 0.6) is 11.5 Å². The minimum atomic E-state index is -0.263. The first-order valence-electron chi connectivity index (χ1n) is 12.3. The molecule has 2 aromatic heterocycles. The third-order valence-electron chi connectivity index (χ3n) is 6.76. The second-order valence-corrected chi connectivity index (χ2v) is 9.52. The van der Waals surface area contributed by atoms with Crippen LogP contribution in [-0.4, -0.2) is 39.9 Å². The van der Waals surface area contributed by atoms with Gasteiger partial charge >= 0.3 is 0 Å². The molecule has 8 nitrogen and oxygen atoms in total. The predicted molar refractivity (Wildman–Crippen MR) is 142 cm³/mol. The van der Waals surface area contributed by atoms with E-state index in [-0.39, 0.29) is 18.2 Å². The van der Waals surface area contributed by atoms with Crippen LogP contribution in [0.25, 0.3) is 5.95 Å². The maximum atomic E-state index is 13.9. The molecule has 0 aliphatic carbocycles. The van der Waals surface area contributed by atoms with Gasteiger partial charge in [0.25, 0.3) is 5.95 Å². The SMILES string of the molecule is COc1ccc(OC)c(C2CC(=O)N(Cc3cccc(C)c3)c3c2c(C)nn3-c2nc(C)cc(C)n2)c1. The van der Waals surface area contributed by atoms with Crippen molar-refractivity contribution in [2.24, 2.45) is 0 Å². The number of hydrogen-bond acceptors (Lipinski definition) is 6. The zero-order valence-electron chi connectivity index (χ0n) is 22.1. The Labute approximate surface area is 216 Å². The Hall–Kier alpha value is -4.20. The van der Waals surface area contributed by atoms with Crippen molar-refractivity contribution in [1.82, 2.24) is 19.7 Å². The molecule has 2 aromatic carbocycles. The Morgan fingerprint density at radius 3 is 2.38 bits per heavy atom. The summed E-state index contributed by atoms with van der Waals surface area (Å²) in [6.45, 7) is 8.31. The van der Waals surface area contributed by atoms with E-state index in [1.54, 1.807) is 18.9 Å². The van der Waals surface area contributed by atoms with Crippen molar-refractivity contribution in [2.45, 2.75) is 46.6 Å². The van der Waals surface area contributed by atoms with E-state index in [1.165, 1.54) is 0 Å². The number of ether oxygens (including phenoxy) is 2. The summed E-state index contributed by atoms with van der Waals surface area (Å²) in [5.41, 5.74) is 6.52. The highest BCUT2D eigenvalue weighted by Crippen LogP contribution is 2.46. The minimum Gasteiger partial charge on any atom is -0.497 e. The Morgan fingerprint density at radius 1 is 0.946 bits per heavy atom. The largest absolute Gasteiger partial charge is 0.497 e. The topological polar surface area (TPSA) is 82.4 Å². The molecule has 5 rings (SSSR count).